The highest BCUT2D eigenvalue weighted by Gasteiger charge is 2.07. The fourth-order valence-corrected chi connectivity index (χ4v) is 2.25. The molecule has 2 aromatic rings. The largest absolute Gasteiger partial charge is 0.296 e. The Morgan fingerprint density at radius 3 is 2.61 bits per heavy atom. The van der Waals surface area contributed by atoms with Gasteiger partial charge in [0.15, 0.2) is 5.82 Å². The van der Waals surface area contributed by atoms with Gasteiger partial charge in [0.1, 0.15) is 10.5 Å². The van der Waals surface area contributed by atoms with Crippen molar-refractivity contribution in [1.29, 1.82) is 0 Å². The lowest BCUT2D eigenvalue weighted by Crippen LogP contribution is -2.04. The third kappa shape index (κ3) is 2.85. The lowest BCUT2D eigenvalue weighted by Gasteiger charge is -2.05. The molecule has 18 heavy (non-hydrogen) atoms. The van der Waals surface area contributed by atoms with Crippen LogP contribution in [0.5, 0.6) is 0 Å². The van der Waals surface area contributed by atoms with E-state index in [1.807, 2.05) is 30.7 Å². The predicted molar refractivity (Wildman–Crippen MR) is 74.6 cm³/mol. The summed E-state index contributed by atoms with van der Waals surface area (Å²) < 4.78 is 2.59. The Morgan fingerprint density at radius 1 is 1.28 bits per heavy atom. The number of aryl methyl sites for hydroxylation is 2. The minimum atomic E-state index is 0.598. The van der Waals surface area contributed by atoms with Crippen molar-refractivity contribution in [3.05, 3.63) is 34.0 Å². The maximum Gasteiger partial charge on any atom is 0.156 e. The second-order valence-corrected chi connectivity index (χ2v) is 5.39. The first-order valence-electron chi connectivity index (χ1n) is 6.09. The van der Waals surface area contributed by atoms with Crippen molar-refractivity contribution < 1.29 is 0 Å². The molecule has 0 aliphatic rings. The molecular weight excluding hydrogens is 244 g/mol. The minimum Gasteiger partial charge on any atom is -0.296 e. The molecule has 0 aliphatic carbocycles. The van der Waals surface area contributed by atoms with E-state index in [2.05, 4.69) is 28.9 Å². The lowest BCUT2D eigenvalue weighted by atomic mass is 10.1. The first-order chi connectivity index (χ1) is 8.45. The molecule has 2 aromatic heterocycles. The Hall–Kier alpha value is -1.49. The lowest BCUT2D eigenvalue weighted by molar-refractivity contribution is 0.626. The molecular formula is C13H18N4S. The van der Waals surface area contributed by atoms with Gasteiger partial charge >= 0.3 is 0 Å². The third-order valence-electron chi connectivity index (χ3n) is 2.58. The van der Waals surface area contributed by atoms with Crippen LogP contribution in [-0.4, -0.2) is 19.7 Å². The highest BCUT2D eigenvalue weighted by molar-refractivity contribution is 7.71. The molecule has 0 fully saturated rings. The number of hydrogen-bond donors (Lipinski definition) is 1. The molecule has 0 radical (unpaired) electrons. The molecule has 96 valence electrons. The highest BCUT2D eigenvalue weighted by atomic mass is 32.1. The number of hydrogen-bond acceptors (Lipinski definition) is 3. The van der Waals surface area contributed by atoms with Crippen LogP contribution in [-0.2, 0) is 6.42 Å². The zero-order chi connectivity index (χ0) is 13.3. The number of aromatic amines is 1. The van der Waals surface area contributed by atoms with Gasteiger partial charge in [-0.3, -0.25) is 5.10 Å². The second-order valence-electron chi connectivity index (χ2n) is 4.97. The molecule has 5 heteroatoms. The molecule has 0 bridgehead atoms. The fraction of sp³-hybridized carbons (Fsp3) is 0.462. The van der Waals surface area contributed by atoms with Gasteiger partial charge in [-0.2, -0.15) is 0 Å². The van der Waals surface area contributed by atoms with Crippen LogP contribution in [0.2, 0.25) is 0 Å². The van der Waals surface area contributed by atoms with Crippen LogP contribution in [0, 0.1) is 24.4 Å². The van der Waals surface area contributed by atoms with E-state index in [-0.39, 0.29) is 0 Å². The standard InChI is InChI=1S/C13H18N4S/c1-8(2)5-11-7-13(18)17(16-11)12-6-9(3)14-10(4)15-12/h6-8,16H,5H2,1-4H3. The minimum absolute atomic E-state index is 0.598. The van der Waals surface area contributed by atoms with Gasteiger partial charge in [-0.15, -0.1) is 0 Å². The van der Waals surface area contributed by atoms with E-state index >= 15 is 0 Å². The Labute approximate surface area is 112 Å². The summed E-state index contributed by atoms with van der Waals surface area (Å²) in [5, 5.41) is 3.31. The zero-order valence-corrected chi connectivity index (χ0v) is 12.0. The molecule has 0 aliphatic heterocycles. The van der Waals surface area contributed by atoms with Gasteiger partial charge in [-0.25, -0.2) is 14.6 Å². The third-order valence-corrected chi connectivity index (χ3v) is 2.88. The molecule has 0 spiro atoms. The van der Waals surface area contributed by atoms with Gasteiger partial charge in [0.05, 0.1) is 0 Å². The smallest absolute Gasteiger partial charge is 0.156 e. The average Bonchev–Trinajstić information content (AvgIpc) is 2.56. The topological polar surface area (TPSA) is 46.5 Å². The number of rotatable bonds is 3. The molecule has 0 atom stereocenters. The Morgan fingerprint density at radius 2 is 2.00 bits per heavy atom. The molecule has 0 saturated carbocycles. The van der Waals surface area contributed by atoms with Crippen molar-refractivity contribution >= 4 is 12.2 Å². The Balaban J connectivity index is 2.44. The number of H-pyrrole nitrogens is 1. The van der Waals surface area contributed by atoms with E-state index in [1.54, 1.807) is 0 Å². The quantitative estimate of drug-likeness (QED) is 0.864. The molecule has 0 amide bonds. The van der Waals surface area contributed by atoms with Crippen LogP contribution in [0.1, 0.15) is 31.1 Å². The van der Waals surface area contributed by atoms with Gasteiger partial charge in [0.2, 0.25) is 0 Å². The van der Waals surface area contributed by atoms with Crippen LogP contribution >= 0.6 is 12.2 Å². The molecule has 4 nitrogen and oxygen atoms in total. The van der Waals surface area contributed by atoms with Crippen LogP contribution in [0.3, 0.4) is 0 Å². The Bertz CT molecular complexity index is 589. The van der Waals surface area contributed by atoms with Gasteiger partial charge in [-0.05, 0) is 32.3 Å². The summed E-state index contributed by atoms with van der Waals surface area (Å²) in [4.78, 5) is 8.68. The summed E-state index contributed by atoms with van der Waals surface area (Å²) in [6.07, 6.45) is 0.986. The van der Waals surface area contributed by atoms with E-state index in [4.69, 9.17) is 12.2 Å². The van der Waals surface area contributed by atoms with Crippen molar-refractivity contribution in [2.24, 2.45) is 5.92 Å². The van der Waals surface area contributed by atoms with Crippen molar-refractivity contribution in [2.45, 2.75) is 34.1 Å². The number of aromatic nitrogens is 4. The number of nitrogens with one attached hydrogen (secondary N) is 1. The van der Waals surface area contributed by atoms with E-state index in [9.17, 15) is 0 Å². The maximum atomic E-state index is 5.37. The maximum absolute atomic E-state index is 5.37. The highest BCUT2D eigenvalue weighted by Crippen LogP contribution is 2.11. The van der Waals surface area contributed by atoms with E-state index < -0.39 is 0 Å². The molecule has 1 N–H and O–H groups in total. The normalized spacial score (nSPS) is 11.2. The first kappa shape index (κ1) is 13.0. The zero-order valence-electron chi connectivity index (χ0n) is 11.2. The SMILES string of the molecule is Cc1cc(-n2[nH]c(CC(C)C)cc2=S)nc(C)n1. The van der Waals surface area contributed by atoms with Crippen molar-refractivity contribution in [3.63, 3.8) is 0 Å². The summed E-state index contributed by atoms with van der Waals surface area (Å²) in [5.41, 5.74) is 2.09. The van der Waals surface area contributed by atoms with E-state index in [0.717, 1.165) is 34.1 Å². The Kier molecular flexibility index (Phi) is 3.61. The van der Waals surface area contributed by atoms with Crippen molar-refractivity contribution in [2.75, 3.05) is 0 Å². The van der Waals surface area contributed by atoms with Crippen molar-refractivity contribution in [1.82, 2.24) is 19.7 Å². The predicted octanol–water partition coefficient (Wildman–Crippen LogP) is 3.14. The van der Waals surface area contributed by atoms with Gasteiger partial charge < -0.3 is 0 Å². The molecule has 2 rings (SSSR count). The monoisotopic (exact) mass is 262 g/mol. The molecule has 0 unspecified atom stereocenters. The summed E-state index contributed by atoms with van der Waals surface area (Å²) in [6, 6.07) is 3.93. The van der Waals surface area contributed by atoms with Crippen LogP contribution in [0.4, 0.5) is 0 Å². The molecule has 2 heterocycles. The van der Waals surface area contributed by atoms with E-state index in [1.165, 1.54) is 0 Å². The van der Waals surface area contributed by atoms with Crippen molar-refractivity contribution in [3.8, 4) is 5.82 Å². The van der Waals surface area contributed by atoms with E-state index in [0.29, 0.717) is 5.92 Å². The summed E-state index contributed by atoms with van der Waals surface area (Å²) in [7, 11) is 0. The van der Waals surface area contributed by atoms with Crippen LogP contribution < -0.4 is 0 Å². The van der Waals surface area contributed by atoms with Gasteiger partial charge in [0, 0.05) is 17.5 Å². The van der Waals surface area contributed by atoms with Crippen LogP contribution in [0.15, 0.2) is 12.1 Å². The van der Waals surface area contributed by atoms with Gasteiger partial charge in [0.25, 0.3) is 0 Å². The fourth-order valence-electron chi connectivity index (χ4n) is 1.97. The molecule has 0 saturated heterocycles. The van der Waals surface area contributed by atoms with Gasteiger partial charge in [-0.1, -0.05) is 26.1 Å². The average molecular weight is 262 g/mol. The second kappa shape index (κ2) is 5.02. The summed E-state index contributed by atoms with van der Waals surface area (Å²) in [5.74, 6) is 2.16. The summed E-state index contributed by atoms with van der Waals surface area (Å²) in [6.45, 7) is 8.22. The first-order valence-corrected chi connectivity index (χ1v) is 6.50. The van der Waals surface area contributed by atoms with Crippen LogP contribution in [0.25, 0.3) is 5.82 Å². The molecule has 0 aromatic carbocycles. The number of nitrogens with zero attached hydrogens (tertiary/aromatic N) is 3. The summed E-state index contributed by atoms with van der Waals surface area (Å²) >= 11 is 5.37.